The van der Waals surface area contributed by atoms with Gasteiger partial charge in [-0.3, -0.25) is 10.1 Å². The Bertz CT molecular complexity index is 1150. The minimum Gasteiger partial charge on any atom is -0.443 e. The summed E-state index contributed by atoms with van der Waals surface area (Å²) >= 11 is 0. The highest BCUT2D eigenvalue weighted by Gasteiger charge is 2.54. The van der Waals surface area contributed by atoms with Gasteiger partial charge in [0.05, 0.1) is 18.1 Å². The number of nitrogens with zero attached hydrogens (tertiary/aromatic N) is 4. The predicted octanol–water partition coefficient (Wildman–Crippen LogP) is 3.00. The second kappa shape index (κ2) is 10.3. The lowest BCUT2D eigenvalue weighted by atomic mass is 9.86. The zero-order valence-electron chi connectivity index (χ0n) is 21.5. The van der Waals surface area contributed by atoms with Crippen LogP contribution in [0.15, 0.2) is 23.2 Å². The van der Waals surface area contributed by atoms with Crippen LogP contribution in [-0.4, -0.2) is 79.6 Å². The summed E-state index contributed by atoms with van der Waals surface area (Å²) < 4.78 is 44.7. The van der Waals surface area contributed by atoms with Crippen LogP contribution in [0.2, 0.25) is 0 Å². The number of aliphatic imine (C=N–C) groups is 1. The maximum absolute atomic E-state index is 13.8. The molecular formula is C23H34N4O8S. The van der Waals surface area contributed by atoms with Crippen molar-refractivity contribution in [2.75, 3.05) is 34.1 Å². The number of hydrogen-bond acceptors (Lipinski definition) is 9. The average Bonchev–Trinajstić information content (AvgIpc) is 2.92. The lowest BCUT2D eigenvalue weighted by Gasteiger charge is -2.44. The number of guanidine groups is 1. The first-order chi connectivity index (χ1) is 16.7. The Labute approximate surface area is 211 Å². The van der Waals surface area contributed by atoms with Crippen LogP contribution in [0.4, 0.5) is 10.5 Å². The van der Waals surface area contributed by atoms with Crippen LogP contribution >= 0.6 is 0 Å². The fraction of sp³-hybridized carbons (Fsp3) is 0.652. The third-order valence-electron chi connectivity index (χ3n) is 6.25. The van der Waals surface area contributed by atoms with E-state index in [0.29, 0.717) is 24.8 Å². The number of amides is 1. The third-order valence-corrected chi connectivity index (χ3v) is 8.59. The molecule has 200 valence electrons. The number of aryl methyl sites for hydroxylation is 1. The lowest BCUT2D eigenvalue weighted by Crippen LogP contribution is -2.59. The van der Waals surface area contributed by atoms with Gasteiger partial charge in [0.2, 0.25) is 16.0 Å². The van der Waals surface area contributed by atoms with Crippen molar-refractivity contribution in [1.82, 2.24) is 9.21 Å². The van der Waals surface area contributed by atoms with E-state index in [2.05, 4.69) is 0 Å². The highest BCUT2D eigenvalue weighted by Crippen LogP contribution is 2.45. The number of rotatable bonds is 6. The van der Waals surface area contributed by atoms with Gasteiger partial charge in [0.25, 0.3) is 5.69 Å². The maximum atomic E-state index is 13.8. The van der Waals surface area contributed by atoms with Crippen molar-refractivity contribution in [1.29, 1.82) is 0 Å². The molecule has 1 aliphatic heterocycles. The first kappa shape index (κ1) is 27.8. The Kier molecular flexibility index (Phi) is 7.96. The van der Waals surface area contributed by atoms with Crippen LogP contribution in [0.3, 0.4) is 0 Å². The van der Waals surface area contributed by atoms with E-state index in [1.54, 1.807) is 33.8 Å². The largest absolute Gasteiger partial charge is 0.443 e. The van der Waals surface area contributed by atoms with Gasteiger partial charge >= 0.3 is 6.09 Å². The normalized spacial score (nSPS) is 23.1. The topological polar surface area (TPSA) is 141 Å². The lowest BCUT2D eigenvalue weighted by molar-refractivity contribution is -0.385. The maximum Gasteiger partial charge on any atom is 0.419 e. The van der Waals surface area contributed by atoms with Crippen LogP contribution in [0, 0.1) is 10.1 Å². The summed E-state index contributed by atoms with van der Waals surface area (Å²) in [6.45, 7) is 6.80. The summed E-state index contributed by atoms with van der Waals surface area (Å²) in [5.74, 6) is -0.181. The van der Waals surface area contributed by atoms with E-state index in [1.165, 1.54) is 26.3 Å². The number of nitro benzene ring substituents is 1. The first-order valence-electron chi connectivity index (χ1n) is 11.6. The highest BCUT2D eigenvalue weighted by atomic mass is 32.2. The zero-order chi connectivity index (χ0) is 26.9. The van der Waals surface area contributed by atoms with Gasteiger partial charge in [-0.25, -0.2) is 27.4 Å². The van der Waals surface area contributed by atoms with Gasteiger partial charge in [-0.2, -0.15) is 0 Å². The molecular weight excluding hydrogens is 492 g/mol. The summed E-state index contributed by atoms with van der Waals surface area (Å²) in [5, 5.41) is 10.6. The smallest absolute Gasteiger partial charge is 0.419 e. The van der Waals surface area contributed by atoms with Crippen molar-refractivity contribution in [3.8, 4) is 0 Å². The van der Waals surface area contributed by atoms with E-state index in [4.69, 9.17) is 19.2 Å². The number of fused-ring (bicyclic) bond motifs is 3. The molecule has 1 heterocycles. The molecule has 2 aliphatic rings. The van der Waals surface area contributed by atoms with Crippen molar-refractivity contribution in [2.24, 2.45) is 4.99 Å². The number of methoxy groups -OCH3 is 1. The number of nitro groups is 1. The average molecular weight is 527 g/mol. The van der Waals surface area contributed by atoms with E-state index in [9.17, 15) is 23.3 Å². The van der Waals surface area contributed by atoms with Crippen LogP contribution in [0.5, 0.6) is 0 Å². The standard InChI is InChI=1S/C23H34N4O8S/c1-22(2,3)35-21(28)26(15-34-13-12-33-6)20-24-23(4)18-14-17(27(29)30)11-10-16(18)8-7-9-19(23)36(31,32)25(20)5/h10-11,14,19H,7-9,12-13,15H2,1-6H3/t19-,23+/m0/s1. The predicted molar refractivity (Wildman–Crippen MR) is 132 cm³/mol. The molecule has 0 N–H and O–H groups in total. The molecule has 0 spiro atoms. The molecule has 0 unspecified atom stereocenters. The number of sulfonamides is 1. The molecule has 0 radical (unpaired) electrons. The van der Waals surface area contributed by atoms with Crippen molar-refractivity contribution in [3.63, 3.8) is 0 Å². The molecule has 0 bridgehead atoms. The molecule has 12 nitrogen and oxygen atoms in total. The Hall–Kier alpha value is -2.77. The molecule has 0 aromatic heterocycles. The highest BCUT2D eigenvalue weighted by molar-refractivity contribution is 7.90. The number of ether oxygens (including phenoxy) is 3. The molecule has 0 saturated carbocycles. The summed E-state index contributed by atoms with van der Waals surface area (Å²) in [5.41, 5.74) is -1.16. The number of benzene rings is 1. The number of carbonyl (C=O) groups is 1. The van der Waals surface area contributed by atoms with Crippen molar-refractivity contribution >= 4 is 27.8 Å². The van der Waals surface area contributed by atoms with E-state index in [0.717, 1.165) is 14.8 Å². The molecule has 3 rings (SSSR count). The molecule has 1 amide bonds. The van der Waals surface area contributed by atoms with Crippen molar-refractivity contribution < 1.29 is 32.3 Å². The zero-order valence-corrected chi connectivity index (χ0v) is 22.3. The second-order valence-electron chi connectivity index (χ2n) is 9.99. The first-order valence-corrected chi connectivity index (χ1v) is 13.2. The van der Waals surface area contributed by atoms with E-state index < -0.39 is 37.4 Å². The van der Waals surface area contributed by atoms with Crippen molar-refractivity contribution in [2.45, 2.75) is 63.3 Å². The van der Waals surface area contributed by atoms with Crippen LogP contribution < -0.4 is 0 Å². The van der Waals surface area contributed by atoms with Gasteiger partial charge in [0.1, 0.15) is 23.1 Å². The summed E-state index contributed by atoms with van der Waals surface area (Å²) in [6.07, 6.45) is 0.591. The minimum absolute atomic E-state index is 0.147. The van der Waals surface area contributed by atoms with E-state index in [-0.39, 0.29) is 31.6 Å². The molecule has 36 heavy (non-hydrogen) atoms. The Morgan fingerprint density at radius 2 is 2.03 bits per heavy atom. The van der Waals surface area contributed by atoms with Gasteiger partial charge in [-0.05, 0) is 58.1 Å². The van der Waals surface area contributed by atoms with Gasteiger partial charge in [0.15, 0.2) is 0 Å². The molecule has 1 aromatic rings. The van der Waals surface area contributed by atoms with Gasteiger partial charge in [0, 0.05) is 26.3 Å². The third kappa shape index (κ3) is 5.47. The molecule has 2 atom stereocenters. The number of carbonyl (C=O) groups excluding carboxylic acids is 1. The monoisotopic (exact) mass is 526 g/mol. The van der Waals surface area contributed by atoms with Crippen LogP contribution in [-0.2, 0) is 36.2 Å². The van der Waals surface area contributed by atoms with Gasteiger partial charge in [-0.15, -0.1) is 0 Å². The summed E-state index contributed by atoms with van der Waals surface area (Å²) in [7, 11) is -1.19. The molecule has 1 aliphatic carbocycles. The second-order valence-corrected chi connectivity index (χ2v) is 12.1. The Balaban J connectivity index is 2.19. The fourth-order valence-corrected chi connectivity index (χ4v) is 6.46. The Morgan fingerprint density at radius 3 is 2.64 bits per heavy atom. The molecule has 13 heteroatoms. The van der Waals surface area contributed by atoms with E-state index >= 15 is 0 Å². The Morgan fingerprint density at radius 1 is 1.33 bits per heavy atom. The van der Waals surface area contributed by atoms with Crippen LogP contribution in [0.1, 0.15) is 51.7 Å². The molecule has 0 saturated heterocycles. The summed E-state index contributed by atoms with van der Waals surface area (Å²) in [6, 6.07) is 4.45. The molecule has 1 aromatic carbocycles. The van der Waals surface area contributed by atoms with Crippen molar-refractivity contribution in [3.05, 3.63) is 39.4 Å². The van der Waals surface area contributed by atoms with Crippen LogP contribution in [0.25, 0.3) is 0 Å². The SMILES string of the molecule is COCCOCN(C(=O)OC(C)(C)C)C1=N[C@]2(C)c3cc([N+](=O)[O-])ccc3CCC[C@@H]2S(=O)(=O)N1C. The quantitative estimate of drug-likeness (QED) is 0.238. The summed E-state index contributed by atoms with van der Waals surface area (Å²) in [4.78, 5) is 30.1. The fourth-order valence-electron chi connectivity index (χ4n) is 4.49. The van der Waals surface area contributed by atoms with Gasteiger partial charge in [-0.1, -0.05) is 6.07 Å². The number of non-ortho nitro benzene ring substituents is 1. The minimum atomic E-state index is -4.02. The molecule has 0 fully saturated rings. The van der Waals surface area contributed by atoms with E-state index in [1.807, 2.05) is 0 Å². The number of hydrogen-bond donors (Lipinski definition) is 0. The van der Waals surface area contributed by atoms with Gasteiger partial charge < -0.3 is 14.2 Å².